The summed E-state index contributed by atoms with van der Waals surface area (Å²) < 4.78 is 10.9. The number of hydrogen-bond acceptors (Lipinski definition) is 5. The number of ether oxygens (including phenoxy) is 2. The fraction of sp³-hybridized carbons (Fsp3) is 0.125. The monoisotopic (exact) mass is 418 g/mol. The number of carbonyl (C=O) groups excluding carboxylic acids is 3. The molecule has 0 aliphatic carbocycles. The fourth-order valence-corrected chi connectivity index (χ4v) is 2.92. The van der Waals surface area contributed by atoms with Crippen LogP contribution in [0.25, 0.3) is 0 Å². The molecule has 0 bridgehead atoms. The largest absolute Gasteiger partial charge is 0.457 e. The Morgan fingerprint density at radius 3 is 2.16 bits per heavy atom. The molecule has 2 amide bonds. The molecule has 0 radical (unpaired) electrons. The Bertz CT molecular complexity index is 1040. The molecule has 0 aromatic heterocycles. The lowest BCUT2D eigenvalue weighted by Gasteiger charge is -2.18. The van der Waals surface area contributed by atoms with E-state index >= 15 is 0 Å². The quantitative estimate of drug-likeness (QED) is 0.403. The lowest BCUT2D eigenvalue weighted by Crippen LogP contribution is -2.34. The molecule has 3 N–H and O–H groups in total. The third kappa shape index (κ3) is 6.71. The summed E-state index contributed by atoms with van der Waals surface area (Å²) in [5.74, 6) is 0.231. The highest BCUT2D eigenvalue weighted by Gasteiger charge is 2.20. The van der Waals surface area contributed by atoms with Gasteiger partial charge in [0.15, 0.2) is 12.4 Å². The van der Waals surface area contributed by atoms with E-state index in [0.717, 1.165) is 0 Å². The van der Waals surface area contributed by atoms with Crippen molar-refractivity contribution in [2.75, 3.05) is 6.61 Å². The number of rotatable bonds is 9. The number of amides is 2. The van der Waals surface area contributed by atoms with E-state index in [2.05, 4.69) is 5.32 Å². The molecule has 0 aliphatic heterocycles. The third-order valence-electron chi connectivity index (χ3n) is 4.39. The summed E-state index contributed by atoms with van der Waals surface area (Å²) in [6.45, 7) is -0.386. The standard InChI is InChI=1S/C24H22N2O5/c25-24(29)26-21(15-23(28)30-16-22(27)17-8-3-1-4-9-17)18-10-7-13-20(14-18)31-19-11-5-2-6-12-19/h1-14,21H,15-16H2,(H3,25,26,29)/t21-/m0/s1. The molecule has 0 aliphatic rings. The van der Waals surface area contributed by atoms with Crippen LogP contribution in [0.1, 0.15) is 28.4 Å². The number of urea groups is 1. The molecule has 0 unspecified atom stereocenters. The lowest BCUT2D eigenvalue weighted by atomic mass is 10.0. The van der Waals surface area contributed by atoms with Crippen molar-refractivity contribution in [3.8, 4) is 11.5 Å². The number of nitrogens with two attached hydrogens (primary N) is 1. The van der Waals surface area contributed by atoms with Crippen LogP contribution in [-0.4, -0.2) is 24.4 Å². The Balaban J connectivity index is 1.65. The zero-order valence-electron chi connectivity index (χ0n) is 16.7. The zero-order chi connectivity index (χ0) is 22.1. The maximum absolute atomic E-state index is 12.3. The molecule has 3 aromatic carbocycles. The van der Waals surface area contributed by atoms with Crippen LogP contribution in [0.4, 0.5) is 4.79 Å². The second kappa shape index (κ2) is 10.6. The molecular weight excluding hydrogens is 396 g/mol. The molecule has 3 rings (SSSR count). The van der Waals surface area contributed by atoms with E-state index in [9.17, 15) is 14.4 Å². The van der Waals surface area contributed by atoms with Crippen LogP contribution in [0.3, 0.4) is 0 Å². The predicted molar refractivity (Wildman–Crippen MR) is 115 cm³/mol. The number of nitrogens with one attached hydrogen (secondary N) is 1. The first-order valence-corrected chi connectivity index (χ1v) is 9.64. The number of ketones is 1. The van der Waals surface area contributed by atoms with Crippen LogP contribution in [-0.2, 0) is 9.53 Å². The highest BCUT2D eigenvalue weighted by molar-refractivity contribution is 5.97. The number of Topliss-reactive ketones (excluding diaryl/α,β-unsaturated/α-hetero) is 1. The van der Waals surface area contributed by atoms with Crippen LogP contribution in [0, 0.1) is 0 Å². The molecule has 0 saturated carbocycles. The Morgan fingerprint density at radius 1 is 0.839 bits per heavy atom. The van der Waals surface area contributed by atoms with Crippen molar-refractivity contribution in [1.29, 1.82) is 0 Å². The van der Waals surface area contributed by atoms with Gasteiger partial charge in [-0.3, -0.25) is 9.59 Å². The fourth-order valence-electron chi connectivity index (χ4n) is 2.92. The summed E-state index contributed by atoms with van der Waals surface area (Å²) in [4.78, 5) is 35.9. The van der Waals surface area contributed by atoms with Gasteiger partial charge in [-0.1, -0.05) is 60.7 Å². The number of primary amides is 1. The van der Waals surface area contributed by atoms with Gasteiger partial charge in [0, 0.05) is 5.56 Å². The highest BCUT2D eigenvalue weighted by Crippen LogP contribution is 2.26. The molecule has 158 valence electrons. The van der Waals surface area contributed by atoms with Gasteiger partial charge in [0.25, 0.3) is 0 Å². The number of hydrogen-bond donors (Lipinski definition) is 2. The maximum atomic E-state index is 12.3. The van der Waals surface area contributed by atoms with Gasteiger partial charge < -0.3 is 20.5 Å². The van der Waals surface area contributed by atoms with E-state index in [0.29, 0.717) is 22.6 Å². The van der Waals surface area contributed by atoms with Gasteiger partial charge in [0.05, 0.1) is 12.5 Å². The smallest absolute Gasteiger partial charge is 0.312 e. The van der Waals surface area contributed by atoms with E-state index in [1.807, 2.05) is 30.3 Å². The third-order valence-corrected chi connectivity index (χ3v) is 4.39. The van der Waals surface area contributed by atoms with Gasteiger partial charge in [-0.25, -0.2) is 4.79 Å². The summed E-state index contributed by atoms with van der Waals surface area (Å²) in [5.41, 5.74) is 6.34. The average Bonchev–Trinajstić information content (AvgIpc) is 2.78. The van der Waals surface area contributed by atoms with Crippen LogP contribution >= 0.6 is 0 Å². The van der Waals surface area contributed by atoms with Crippen molar-refractivity contribution in [2.24, 2.45) is 5.73 Å². The Morgan fingerprint density at radius 2 is 1.48 bits per heavy atom. The van der Waals surface area contributed by atoms with Crippen molar-refractivity contribution >= 4 is 17.8 Å². The second-order valence-corrected chi connectivity index (χ2v) is 6.70. The first-order chi connectivity index (χ1) is 15.0. The first kappa shape index (κ1) is 21.6. The van der Waals surface area contributed by atoms with Crippen molar-refractivity contribution in [2.45, 2.75) is 12.5 Å². The van der Waals surface area contributed by atoms with Crippen molar-refractivity contribution in [3.05, 3.63) is 96.1 Å². The van der Waals surface area contributed by atoms with E-state index in [1.54, 1.807) is 54.6 Å². The van der Waals surface area contributed by atoms with E-state index in [-0.39, 0.29) is 18.8 Å². The highest BCUT2D eigenvalue weighted by atomic mass is 16.5. The molecule has 0 spiro atoms. The van der Waals surface area contributed by atoms with Crippen LogP contribution < -0.4 is 15.8 Å². The van der Waals surface area contributed by atoms with Gasteiger partial charge in [-0.05, 0) is 29.8 Å². The van der Waals surface area contributed by atoms with E-state index < -0.39 is 18.0 Å². The number of para-hydroxylation sites is 1. The van der Waals surface area contributed by atoms with Gasteiger partial charge in [0.1, 0.15) is 11.5 Å². The summed E-state index contributed by atoms with van der Waals surface area (Å²) in [6.07, 6.45) is -0.195. The predicted octanol–water partition coefficient (Wildman–Crippen LogP) is 4.00. The van der Waals surface area contributed by atoms with Gasteiger partial charge in [-0.15, -0.1) is 0 Å². The summed E-state index contributed by atoms with van der Waals surface area (Å²) in [7, 11) is 0. The van der Waals surface area contributed by atoms with Crippen LogP contribution in [0.2, 0.25) is 0 Å². The molecule has 7 heteroatoms. The SMILES string of the molecule is NC(=O)N[C@@H](CC(=O)OCC(=O)c1ccccc1)c1cccc(Oc2ccccc2)c1. The molecule has 0 fully saturated rings. The van der Waals surface area contributed by atoms with E-state index in [4.69, 9.17) is 15.2 Å². The summed E-state index contributed by atoms with van der Waals surface area (Å²) in [5, 5.41) is 2.54. The molecule has 0 heterocycles. The number of esters is 1. The second-order valence-electron chi connectivity index (χ2n) is 6.70. The normalized spacial score (nSPS) is 11.2. The number of benzene rings is 3. The number of carbonyl (C=O) groups is 3. The maximum Gasteiger partial charge on any atom is 0.312 e. The molecule has 0 saturated heterocycles. The molecule has 1 atom stereocenters. The van der Waals surface area contributed by atoms with Crippen molar-refractivity contribution < 1.29 is 23.9 Å². The summed E-state index contributed by atoms with van der Waals surface area (Å²) >= 11 is 0. The minimum absolute atomic E-state index is 0.195. The molecule has 3 aromatic rings. The Kier molecular flexibility index (Phi) is 7.37. The van der Waals surface area contributed by atoms with Gasteiger partial charge >= 0.3 is 12.0 Å². The van der Waals surface area contributed by atoms with Gasteiger partial charge in [-0.2, -0.15) is 0 Å². The molecule has 31 heavy (non-hydrogen) atoms. The minimum Gasteiger partial charge on any atom is -0.457 e. The minimum atomic E-state index is -0.785. The van der Waals surface area contributed by atoms with Crippen LogP contribution in [0.5, 0.6) is 11.5 Å². The topological polar surface area (TPSA) is 108 Å². The van der Waals surface area contributed by atoms with Crippen molar-refractivity contribution in [3.63, 3.8) is 0 Å². The molecule has 7 nitrogen and oxygen atoms in total. The van der Waals surface area contributed by atoms with E-state index in [1.165, 1.54) is 0 Å². The van der Waals surface area contributed by atoms with Gasteiger partial charge in [0.2, 0.25) is 0 Å². The lowest BCUT2D eigenvalue weighted by molar-refractivity contribution is -0.143. The Labute approximate surface area is 179 Å². The first-order valence-electron chi connectivity index (χ1n) is 9.64. The zero-order valence-corrected chi connectivity index (χ0v) is 16.7. The molecular formula is C24H22N2O5. The Hall–Kier alpha value is -4.13. The summed E-state index contributed by atoms with van der Waals surface area (Å²) in [6, 6.07) is 23.2. The van der Waals surface area contributed by atoms with Crippen LogP contribution in [0.15, 0.2) is 84.9 Å². The average molecular weight is 418 g/mol. The van der Waals surface area contributed by atoms with Crippen molar-refractivity contribution in [1.82, 2.24) is 5.32 Å².